The summed E-state index contributed by atoms with van der Waals surface area (Å²) in [7, 11) is 0. The average Bonchev–Trinajstić information content (AvgIpc) is 2.90. The molecule has 0 saturated carbocycles. The van der Waals surface area contributed by atoms with E-state index in [2.05, 4.69) is 24.9 Å². The minimum Gasteiger partial charge on any atom is -0.308 e. The van der Waals surface area contributed by atoms with Crippen LogP contribution >= 0.6 is 11.8 Å². The molecule has 0 atom stereocenters. The normalized spacial score (nSPS) is 14.2. The van der Waals surface area contributed by atoms with Gasteiger partial charge < -0.3 is 5.43 Å². The third-order valence-electron chi connectivity index (χ3n) is 3.30. The van der Waals surface area contributed by atoms with Crippen molar-refractivity contribution < 1.29 is 0 Å². The maximum absolute atomic E-state index is 5.46. The van der Waals surface area contributed by atoms with Gasteiger partial charge in [-0.3, -0.25) is 4.57 Å². The maximum Gasteiger partial charge on any atom is 0.191 e. The minimum absolute atomic E-state index is 0.618. The lowest BCUT2D eigenvalue weighted by Gasteiger charge is -2.14. The van der Waals surface area contributed by atoms with Gasteiger partial charge in [-0.15, -0.1) is 0 Å². The Morgan fingerprint density at radius 1 is 1.32 bits per heavy atom. The lowest BCUT2D eigenvalue weighted by molar-refractivity contribution is 0.653. The quantitative estimate of drug-likeness (QED) is 0.383. The number of thioether (sulfide) groups is 1. The summed E-state index contributed by atoms with van der Waals surface area (Å²) in [5, 5.41) is 0.698. The molecular weight excluding hydrogens is 260 g/mol. The first kappa shape index (κ1) is 12.4. The molecule has 1 aliphatic carbocycles. The summed E-state index contributed by atoms with van der Waals surface area (Å²) in [4.78, 5) is 13.3. The summed E-state index contributed by atoms with van der Waals surface area (Å²) in [6.45, 7) is 0. The second-order valence-corrected chi connectivity index (χ2v) is 5.23. The molecule has 1 aliphatic rings. The van der Waals surface area contributed by atoms with Crippen LogP contribution in [0.5, 0.6) is 0 Å². The third-order valence-corrected chi connectivity index (χ3v) is 3.85. The molecule has 100 valence electrons. The summed E-state index contributed by atoms with van der Waals surface area (Å²) >= 11 is 1.50. The molecular formula is C12H16N6S. The van der Waals surface area contributed by atoms with Crippen molar-refractivity contribution in [3.05, 3.63) is 23.8 Å². The van der Waals surface area contributed by atoms with Gasteiger partial charge in [-0.25, -0.2) is 20.8 Å². The summed E-state index contributed by atoms with van der Waals surface area (Å²) in [5.41, 5.74) is 5.04. The molecule has 19 heavy (non-hydrogen) atoms. The van der Waals surface area contributed by atoms with Crippen molar-refractivity contribution in [2.45, 2.75) is 30.8 Å². The molecule has 3 N–H and O–H groups in total. The van der Waals surface area contributed by atoms with Gasteiger partial charge in [0.1, 0.15) is 18.0 Å². The van der Waals surface area contributed by atoms with E-state index in [9.17, 15) is 0 Å². The minimum atomic E-state index is 0.618. The van der Waals surface area contributed by atoms with Crippen LogP contribution < -0.4 is 11.3 Å². The fraction of sp³-hybridized carbons (Fsp3) is 0.417. The number of nitrogen functional groups attached to an aromatic ring is 1. The Morgan fingerprint density at radius 3 is 2.95 bits per heavy atom. The smallest absolute Gasteiger partial charge is 0.191 e. The number of hydrazine groups is 1. The molecule has 0 saturated heterocycles. The zero-order valence-electron chi connectivity index (χ0n) is 10.8. The van der Waals surface area contributed by atoms with Crippen LogP contribution in [0.1, 0.15) is 24.2 Å². The molecule has 0 spiro atoms. The number of nitrogens with zero attached hydrogens (tertiary/aromatic N) is 4. The molecule has 3 rings (SSSR count). The van der Waals surface area contributed by atoms with Crippen LogP contribution in [0.2, 0.25) is 0 Å². The Morgan fingerprint density at radius 2 is 2.16 bits per heavy atom. The first-order chi connectivity index (χ1) is 9.31. The summed E-state index contributed by atoms with van der Waals surface area (Å²) in [5.74, 6) is 6.90. The first-order valence-electron chi connectivity index (χ1n) is 6.27. The van der Waals surface area contributed by atoms with E-state index in [0.29, 0.717) is 11.0 Å². The number of rotatable bonds is 3. The van der Waals surface area contributed by atoms with Gasteiger partial charge >= 0.3 is 0 Å². The lowest BCUT2D eigenvalue weighted by Crippen LogP contribution is -2.12. The van der Waals surface area contributed by atoms with E-state index in [1.54, 1.807) is 0 Å². The molecule has 0 amide bonds. The molecule has 2 aromatic rings. The van der Waals surface area contributed by atoms with Gasteiger partial charge in [0.25, 0.3) is 0 Å². The van der Waals surface area contributed by atoms with Crippen LogP contribution in [0.25, 0.3) is 5.82 Å². The van der Waals surface area contributed by atoms with Crippen LogP contribution in [-0.2, 0) is 12.8 Å². The highest BCUT2D eigenvalue weighted by atomic mass is 32.2. The lowest BCUT2D eigenvalue weighted by atomic mass is 10.0. The number of nitrogens with one attached hydrogen (secondary N) is 1. The average molecular weight is 276 g/mol. The number of hydrogen-bond donors (Lipinski definition) is 2. The van der Waals surface area contributed by atoms with Gasteiger partial charge in [-0.05, 0) is 31.9 Å². The van der Waals surface area contributed by atoms with Crippen LogP contribution in [0, 0.1) is 0 Å². The number of aromatic nitrogens is 4. The first-order valence-corrected chi connectivity index (χ1v) is 7.49. The molecule has 0 aliphatic heterocycles. The zero-order chi connectivity index (χ0) is 13.2. The van der Waals surface area contributed by atoms with Crippen molar-refractivity contribution in [1.82, 2.24) is 19.5 Å². The van der Waals surface area contributed by atoms with E-state index in [1.165, 1.54) is 36.0 Å². The van der Waals surface area contributed by atoms with Crippen LogP contribution in [-0.4, -0.2) is 25.8 Å². The van der Waals surface area contributed by atoms with E-state index in [-0.39, 0.29) is 0 Å². The molecule has 0 bridgehead atoms. The largest absolute Gasteiger partial charge is 0.308 e. The predicted octanol–water partition coefficient (Wildman–Crippen LogP) is 1.55. The Balaban J connectivity index is 2.08. The van der Waals surface area contributed by atoms with Crippen molar-refractivity contribution in [2.75, 3.05) is 11.7 Å². The third kappa shape index (κ3) is 2.31. The van der Waals surface area contributed by atoms with Gasteiger partial charge in [0.05, 0.1) is 5.69 Å². The number of fused-ring (bicyclic) bond motifs is 1. The van der Waals surface area contributed by atoms with Crippen LogP contribution in [0.15, 0.2) is 17.6 Å². The zero-order valence-corrected chi connectivity index (χ0v) is 11.6. The molecule has 0 unspecified atom stereocenters. The van der Waals surface area contributed by atoms with E-state index >= 15 is 0 Å². The van der Waals surface area contributed by atoms with Gasteiger partial charge in [0.2, 0.25) is 0 Å². The Hall–Kier alpha value is -1.60. The second-order valence-electron chi connectivity index (χ2n) is 4.46. The second kappa shape index (κ2) is 5.18. The molecule has 7 heteroatoms. The number of nitrogens with two attached hydrogens (primary N) is 1. The molecule has 0 fully saturated rings. The number of anilines is 1. The highest BCUT2D eigenvalue weighted by Crippen LogP contribution is 2.24. The van der Waals surface area contributed by atoms with Gasteiger partial charge in [-0.2, -0.15) is 0 Å². The standard InChI is InChI=1S/C12H16N6S/c1-19-12-15-10(17-13)6-11(16-12)18-7-14-8-4-2-3-5-9(8)18/h6-7H,2-5,13H2,1H3,(H,15,16,17). The van der Waals surface area contributed by atoms with E-state index < -0.39 is 0 Å². The van der Waals surface area contributed by atoms with Gasteiger partial charge in [0.15, 0.2) is 5.16 Å². The Labute approximate surface area is 115 Å². The molecule has 0 radical (unpaired) electrons. The summed E-state index contributed by atoms with van der Waals surface area (Å²) in [6.07, 6.45) is 8.34. The molecule has 2 aromatic heterocycles. The Bertz CT molecular complexity index is 572. The highest BCUT2D eigenvalue weighted by Gasteiger charge is 2.17. The van der Waals surface area contributed by atoms with Gasteiger partial charge in [0, 0.05) is 11.8 Å². The summed E-state index contributed by atoms with van der Waals surface area (Å²) in [6, 6.07) is 1.84. The van der Waals surface area contributed by atoms with Crippen molar-refractivity contribution >= 4 is 17.6 Å². The van der Waals surface area contributed by atoms with Crippen molar-refractivity contribution in [3.8, 4) is 5.82 Å². The monoisotopic (exact) mass is 276 g/mol. The molecule has 2 heterocycles. The van der Waals surface area contributed by atoms with Crippen LogP contribution in [0.4, 0.5) is 5.82 Å². The SMILES string of the molecule is CSc1nc(NN)cc(-n2cnc3c2CCCC3)n1. The fourth-order valence-corrected chi connectivity index (χ4v) is 2.74. The number of imidazole rings is 1. The molecule has 6 nitrogen and oxygen atoms in total. The van der Waals surface area contributed by atoms with Crippen LogP contribution in [0.3, 0.4) is 0 Å². The number of hydrogen-bond acceptors (Lipinski definition) is 6. The van der Waals surface area contributed by atoms with Crippen molar-refractivity contribution in [3.63, 3.8) is 0 Å². The summed E-state index contributed by atoms with van der Waals surface area (Å²) < 4.78 is 2.05. The highest BCUT2D eigenvalue weighted by molar-refractivity contribution is 7.98. The van der Waals surface area contributed by atoms with E-state index in [4.69, 9.17) is 5.84 Å². The fourth-order valence-electron chi connectivity index (χ4n) is 2.37. The van der Waals surface area contributed by atoms with E-state index in [1.807, 2.05) is 18.6 Å². The van der Waals surface area contributed by atoms with Crippen molar-refractivity contribution in [2.24, 2.45) is 5.84 Å². The van der Waals surface area contributed by atoms with Crippen molar-refractivity contribution in [1.29, 1.82) is 0 Å². The van der Waals surface area contributed by atoms with E-state index in [0.717, 1.165) is 18.7 Å². The number of aryl methyl sites for hydroxylation is 1. The topological polar surface area (TPSA) is 81.6 Å². The predicted molar refractivity (Wildman–Crippen MR) is 75.4 cm³/mol. The maximum atomic E-state index is 5.46. The Kier molecular flexibility index (Phi) is 3.39. The van der Waals surface area contributed by atoms with Gasteiger partial charge in [-0.1, -0.05) is 11.8 Å². The molecule has 0 aromatic carbocycles.